The third-order valence-electron chi connectivity index (χ3n) is 4.64. The second kappa shape index (κ2) is 10.8. The second-order valence-electron chi connectivity index (χ2n) is 6.75. The Bertz CT molecular complexity index is 975. The summed E-state index contributed by atoms with van der Waals surface area (Å²) < 4.78 is 38.0. The van der Waals surface area contributed by atoms with Crippen LogP contribution in [0.2, 0.25) is 0 Å². The van der Waals surface area contributed by atoms with Crippen LogP contribution >= 0.6 is 11.8 Å². The van der Waals surface area contributed by atoms with Crippen LogP contribution in [0.4, 0.5) is 14.5 Å². The standard InChI is InChI=1S/C24H24F2N2O2S/c1-29-20-9-4-17(5-10-20)15-28(16-18-6-11-21(30-2)12-7-18)24(31-3)27-23-13-8-19(25)14-22(23)26/h4-14H,15-16H2,1-3H3. The Morgan fingerprint density at radius 3 is 1.77 bits per heavy atom. The number of rotatable bonds is 7. The molecule has 3 aromatic rings. The van der Waals surface area contributed by atoms with Gasteiger partial charge in [-0.1, -0.05) is 36.0 Å². The Kier molecular flexibility index (Phi) is 7.89. The number of benzene rings is 3. The van der Waals surface area contributed by atoms with Crippen LogP contribution in [0.1, 0.15) is 11.1 Å². The molecular weight excluding hydrogens is 418 g/mol. The summed E-state index contributed by atoms with van der Waals surface area (Å²) in [5, 5.41) is 0.622. The molecule has 0 aliphatic rings. The van der Waals surface area contributed by atoms with Crippen molar-refractivity contribution in [2.75, 3.05) is 20.5 Å². The summed E-state index contributed by atoms with van der Waals surface area (Å²) in [5.74, 6) is 0.228. The number of aliphatic imine (C=N–C) groups is 1. The van der Waals surface area contributed by atoms with Gasteiger partial charge in [-0.25, -0.2) is 13.8 Å². The van der Waals surface area contributed by atoms with Gasteiger partial charge in [0.2, 0.25) is 0 Å². The van der Waals surface area contributed by atoms with E-state index < -0.39 is 11.6 Å². The number of nitrogens with zero attached hydrogens (tertiary/aromatic N) is 2. The molecule has 0 heterocycles. The molecule has 0 aliphatic heterocycles. The summed E-state index contributed by atoms with van der Waals surface area (Å²) in [6.07, 6.45) is 1.88. The third-order valence-corrected chi connectivity index (χ3v) is 5.36. The average molecular weight is 443 g/mol. The number of thioether (sulfide) groups is 1. The summed E-state index contributed by atoms with van der Waals surface area (Å²) in [6, 6.07) is 18.9. The molecule has 162 valence electrons. The van der Waals surface area contributed by atoms with E-state index in [1.165, 1.54) is 23.9 Å². The highest BCUT2D eigenvalue weighted by atomic mass is 32.2. The first-order chi connectivity index (χ1) is 15.0. The predicted molar refractivity (Wildman–Crippen MR) is 122 cm³/mol. The molecule has 0 amide bonds. The minimum Gasteiger partial charge on any atom is -0.497 e. The number of hydrogen-bond acceptors (Lipinski definition) is 4. The molecule has 0 radical (unpaired) electrons. The molecule has 0 bridgehead atoms. The van der Waals surface area contributed by atoms with Gasteiger partial charge in [0.1, 0.15) is 23.0 Å². The molecule has 0 fully saturated rings. The van der Waals surface area contributed by atoms with Crippen molar-refractivity contribution in [2.45, 2.75) is 13.1 Å². The van der Waals surface area contributed by atoms with Crippen molar-refractivity contribution in [2.24, 2.45) is 4.99 Å². The first-order valence-electron chi connectivity index (χ1n) is 9.61. The van der Waals surface area contributed by atoms with Crippen LogP contribution in [0.25, 0.3) is 0 Å². The maximum atomic E-state index is 14.2. The van der Waals surface area contributed by atoms with E-state index in [-0.39, 0.29) is 5.69 Å². The average Bonchev–Trinajstić information content (AvgIpc) is 2.79. The molecule has 0 N–H and O–H groups in total. The lowest BCUT2D eigenvalue weighted by molar-refractivity contribution is 0.405. The van der Waals surface area contributed by atoms with Gasteiger partial charge in [0, 0.05) is 19.2 Å². The lowest BCUT2D eigenvalue weighted by Gasteiger charge is -2.26. The van der Waals surface area contributed by atoms with E-state index in [2.05, 4.69) is 9.89 Å². The van der Waals surface area contributed by atoms with E-state index in [1.54, 1.807) is 14.2 Å². The van der Waals surface area contributed by atoms with Crippen molar-refractivity contribution >= 4 is 22.6 Å². The van der Waals surface area contributed by atoms with Crippen LogP contribution in [0.3, 0.4) is 0 Å². The molecule has 0 spiro atoms. The Morgan fingerprint density at radius 1 is 0.839 bits per heavy atom. The van der Waals surface area contributed by atoms with Crippen molar-refractivity contribution in [1.82, 2.24) is 4.90 Å². The highest BCUT2D eigenvalue weighted by Crippen LogP contribution is 2.24. The Labute approximate surface area is 185 Å². The maximum absolute atomic E-state index is 14.2. The Balaban J connectivity index is 1.93. The molecule has 3 rings (SSSR count). The number of amidine groups is 1. The third kappa shape index (κ3) is 6.21. The zero-order valence-corrected chi connectivity index (χ0v) is 18.5. The normalized spacial score (nSPS) is 11.3. The first kappa shape index (κ1) is 22.6. The van der Waals surface area contributed by atoms with Crippen LogP contribution in [-0.2, 0) is 13.1 Å². The Morgan fingerprint density at radius 2 is 1.35 bits per heavy atom. The Hall–Kier alpha value is -3.06. The minimum atomic E-state index is -0.694. The molecule has 31 heavy (non-hydrogen) atoms. The molecule has 3 aromatic carbocycles. The topological polar surface area (TPSA) is 34.1 Å². The monoisotopic (exact) mass is 442 g/mol. The van der Waals surface area contributed by atoms with Crippen LogP contribution in [0.15, 0.2) is 71.7 Å². The van der Waals surface area contributed by atoms with E-state index in [4.69, 9.17) is 9.47 Å². The molecule has 7 heteroatoms. The highest BCUT2D eigenvalue weighted by molar-refractivity contribution is 8.13. The van der Waals surface area contributed by atoms with E-state index >= 15 is 0 Å². The van der Waals surface area contributed by atoms with Crippen LogP contribution < -0.4 is 9.47 Å². The number of hydrogen-bond donors (Lipinski definition) is 0. The molecule has 0 saturated heterocycles. The van der Waals surface area contributed by atoms with Crippen LogP contribution in [0.5, 0.6) is 11.5 Å². The maximum Gasteiger partial charge on any atom is 0.164 e. The summed E-state index contributed by atoms with van der Waals surface area (Å²) >= 11 is 1.41. The van der Waals surface area contributed by atoms with Gasteiger partial charge < -0.3 is 14.4 Å². The summed E-state index contributed by atoms with van der Waals surface area (Å²) in [6.45, 7) is 1.11. The number of halogens is 2. The van der Waals surface area contributed by atoms with Gasteiger partial charge in [0.15, 0.2) is 11.0 Å². The summed E-state index contributed by atoms with van der Waals surface area (Å²) in [7, 11) is 3.25. The van der Waals surface area contributed by atoms with Crippen molar-refractivity contribution < 1.29 is 18.3 Å². The van der Waals surface area contributed by atoms with Gasteiger partial charge in [0.25, 0.3) is 0 Å². The fraction of sp³-hybridized carbons (Fsp3) is 0.208. The number of ether oxygens (including phenoxy) is 2. The largest absolute Gasteiger partial charge is 0.497 e. The van der Waals surface area contributed by atoms with Crippen molar-refractivity contribution in [1.29, 1.82) is 0 Å². The smallest absolute Gasteiger partial charge is 0.164 e. The zero-order valence-electron chi connectivity index (χ0n) is 17.6. The van der Waals surface area contributed by atoms with E-state index in [0.717, 1.165) is 28.7 Å². The van der Waals surface area contributed by atoms with Gasteiger partial charge >= 0.3 is 0 Å². The first-order valence-corrected chi connectivity index (χ1v) is 10.8. The molecule has 0 saturated carbocycles. The van der Waals surface area contributed by atoms with Gasteiger partial charge in [-0.05, 0) is 53.8 Å². The predicted octanol–water partition coefficient (Wildman–Crippen LogP) is 6.03. The molecule has 0 atom stereocenters. The van der Waals surface area contributed by atoms with Crippen molar-refractivity contribution in [3.05, 3.63) is 89.5 Å². The fourth-order valence-corrected chi connectivity index (χ4v) is 3.59. The molecule has 4 nitrogen and oxygen atoms in total. The SMILES string of the molecule is COc1ccc(CN(Cc2ccc(OC)cc2)C(=Nc2ccc(F)cc2F)SC)cc1. The van der Waals surface area contributed by atoms with Crippen molar-refractivity contribution in [3.63, 3.8) is 0 Å². The molecule has 0 unspecified atom stereocenters. The van der Waals surface area contributed by atoms with Gasteiger partial charge in [0.05, 0.1) is 14.2 Å². The lowest BCUT2D eigenvalue weighted by atomic mass is 10.1. The van der Waals surface area contributed by atoms with Gasteiger partial charge in [-0.2, -0.15) is 0 Å². The highest BCUT2D eigenvalue weighted by Gasteiger charge is 2.15. The minimum absolute atomic E-state index is 0.0974. The van der Waals surface area contributed by atoms with Crippen LogP contribution in [-0.4, -0.2) is 30.5 Å². The van der Waals surface area contributed by atoms with E-state index in [1.807, 2.05) is 54.8 Å². The summed E-state index contributed by atoms with van der Waals surface area (Å²) in [4.78, 5) is 6.55. The number of methoxy groups -OCH3 is 2. The van der Waals surface area contributed by atoms with Gasteiger partial charge in [-0.3, -0.25) is 0 Å². The zero-order chi connectivity index (χ0) is 22.2. The quantitative estimate of drug-likeness (QED) is 0.330. The molecule has 0 aromatic heterocycles. The molecule has 0 aliphatic carbocycles. The van der Waals surface area contributed by atoms with E-state index in [0.29, 0.717) is 18.3 Å². The van der Waals surface area contributed by atoms with Gasteiger partial charge in [-0.15, -0.1) is 0 Å². The van der Waals surface area contributed by atoms with Crippen LogP contribution in [0, 0.1) is 11.6 Å². The molecular formula is C24H24F2N2O2S. The van der Waals surface area contributed by atoms with Crippen molar-refractivity contribution in [3.8, 4) is 11.5 Å². The lowest BCUT2D eigenvalue weighted by Crippen LogP contribution is -2.27. The second-order valence-corrected chi connectivity index (χ2v) is 7.52. The van der Waals surface area contributed by atoms with E-state index in [9.17, 15) is 8.78 Å². The summed E-state index contributed by atoms with van der Waals surface area (Å²) in [5.41, 5.74) is 2.20. The fourth-order valence-electron chi connectivity index (χ4n) is 3.01.